The molecule has 0 fully saturated rings. The van der Waals surface area contributed by atoms with E-state index in [0.717, 1.165) is 24.3 Å². The molecule has 0 saturated carbocycles. The van der Waals surface area contributed by atoms with Crippen molar-refractivity contribution < 1.29 is 4.79 Å². The molecule has 0 radical (unpaired) electrons. The van der Waals surface area contributed by atoms with Crippen LogP contribution in [0.15, 0.2) is 18.2 Å². The zero-order valence-electron chi connectivity index (χ0n) is 16.1. The van der Waals surface area contributed by atoms with Gasteiger partial charge in [0.2, 0.25) is 0 Å². The number of nitrogens with zero attached hydrogens (tertiary/aromatic N) is 4. The second-order valence-electron chi connectivity index (χ2n) is 6.69. The number of aromatic nitrogens is 3. The zero-order chi connectivity index (χ0) is 18.6. The van der Waals surface area contributed by atoms with Crippen molar-refractivity contribution >= 4 is 5.91 Å². The van der Waals surface area contributed by atoms with Crippen molar-refractivity contribution in [2.75, 3.05) is 19.6 Å². The number of carbonyl (C=O) groups excluding carboxylic acids is 1. The van der Waals surface area contributed by atoms with E-state index >= 15 is 0 Å². The summed E-state index contributed by atoms with van der Waals surface area (Å²) in [5, 5.41) is 11.8. The summed E-state index contributed by atoms with van der Waals surface area (Å²) in [5.74, 6) is -0.173. The van der Waals surface area contributed by atoms with Crippen molar-refractivity contribution in [1.29, 1.82) is 0 Å². The number of nitrogens with one attached hydrogen (secondary N) is 1. The Morgan fingerprint density at radius 3 is 2.56 bits per heavy atom. The van der Waals surface area contributed by atoms with Gasteiger partial charge in [-0.25, -0.2) is 0 Å². The Morgan fingerprint density at radius 1 is 1.24 bits per heavy atom. The number of rotatable bonds is 7. The largest absolute Gasteiger partial charge is 0.349 e. The molecule has 2 rings (SSSR count). The minimum atomic E-state index is -0.173. The lowest BCUT2D eigenvalue weighted by Gasteiger charge is -2.24. The van der Waals surface area contributed by atoms with Crippen LogP contribution in [0.25, 0.3) is 5.69 Å². The molecule has 6 nitrogen and oxygen atoms in total. The lowest BCUT2D eigenvalue weighted by atomic mass is 10.1. The number of benzene rings is 1. The Morgan fingerprint density at radius 2 is 1.96 bits per heavy atom. The number of hydrogen-bond donors (Lipinski definition) is 1. The summed E-state index contributed by atoms with van der Waals surface area (Å²) in [5.41, 5.74) is 4.18. The van der Waals surface area contributed by atoms with Gasteiger partial charge in [0.05, 0.1) is 11.4 Å². The first kappa shape index (κ1) is 19.1. The number of carbonyl (C=O) groups is 1. The molecule has 0 aliphatic rings. The van der Waals surface area contributed by atoms with E-state index in [1.807, 2.05) is 32.9 Å². The lowest BCUT2D eigenvalue weighted by molar-refractivity contribution is 0.0940. The molecule has 2 aromatic rings. The average molecular weight is 343 g/mol. The molecule has 1 aromatic carbocycles. The average Bonchev–Trinajstić information content (AvgIpc) is 2.92. The maximum atomic E-state index is 12.4. The standard InChI is InChI=1S/C19H29N5O/c1-7-23(13(2)3)11-10-20-19(25)18-16(6)21-24(22-18)17-9-8-14(4)12-15(17)5/h8-9,12-13H,7,10-11H2,1-6H3,(H,20,25). The molecule has 0 bridgehead atoms. The Bertz CT molecular complexity index is 735. The van der Waals surface area contributed by atoms with Gasteiger partial charge in [-0.05, 0) is 52.8 Å². The maximum Gasteiger partial charge on any atom is 0.273 e. The summed E-state index contributed by atoms with van der Waals surface area (Å²) in [7, 11) is 0. The van der Waals surface area contributed by atoms with Gasteiger partial charge >= 0.3 is 0 Å². The van der Waals surface area contributed by atoms with Crippen LogP contribution in [0, 0.1) is 20.8 Å². The summed E-state index contributed by atoms with van der Waals surface area (Å²) >= 11 is 0. The molecule has 1 amide bonds. The van der Waals surface area contributed by atoms with Crippen molar-refractivity contribution in [1.82, 2.24) is 25.2 Å². The van der Waals surface area contributed by atoms with Crippen molar-refractivity contribution in [3.05, 3.63) is 40.7 Å². The highest BCUT2D eigenvalue weighted by atomic mass is 16.2. The molecule has 136 valence electrons. The first-order valence-corrected chi connectivity index (χ1v) is 8.87. The Labute approximate surface area is 150 Å². The van der Waals surface area contributed by atoms with Crippen LogP contribution < -0.4 is 5.32 Å². The van der Waals surface area contributed by atoms with Crippen LogP contribution in [0.1, 0.15) is 48.1 Å². The van der Waals surface area contributed by atoms with Gasteiger partial charge in [0.25, 0.3) is 5.91 Å². The molecule has 0 spiro atoms. The topological polar surface area (TPSA) is 63.1 Å². The highest BCUT2D eigenvalue weighted by Crippen LogP contribution is 2.15. The fourth-order valence-corrected chi connectivity index (χ4v) is 2.90. The van der Waals surface area contributed by atoms with Crippen LogP contribution in [0.5, 0.6) is 0 Å². The fourth-order valence-electron chi connectivity index (χ4n) is 2.90. The van der Waals surface area contributed by atoms with Gasteiger partial charge < -0.3 is 5.32 Å². The molecule has 6 heteroatoms. The SMILES string of the molecule is CCN(CCNC(=O)c1nn(-c2ccc(C)cc2C)nc1C)C(C)C. The predicted octanol–water partition coefficient (Wildman–Crippen LogP) is 2.65. The Hall–Kier alpha value is -2.21. The van der Waals surface area contributed by atoms with Crippen molar-refractivity contribution in [2.45, 2.75) is 47.6 Å². The monoisotopic (exact) mass is 343 g/mol. The maximum absolute atomic E-state index is 12.4. The third kappa shape index (κ3) is 4.66. The molecular weight excluding hydrogens is 314 g/mol. The van der Waals surface area contributed by atoms with Crippen LogP contribution in [0.4, 0.5) is 0 Å². The lowest BCUT2D eigenvalue weighted by Crippen LogP contribution is -2.38. The van der Waals surface area contributed by atoms with Gasteiger partial charge in [0.1, 0.15) is 0 Å². The molecule has 25 heavy (non-hydrogen) atoms. The van der Waals surface area contributed by atoms with E-state index in [1.54, 1.807) is 4.80 Å². The minimum Gasteiger partial charge on any atom is -0.349 e. The normalized spacial score (nSPS) is 11.4. The highest BCUT2D eigenvalue weighted by Gasteiger charge is 2.17. The third-order valence-electron chi connectivity index (χ3n) is 4.39. The van der Waals surface area contributed by atoms with Crippen LogP contribution in [0.2, 0.25) is 0 Å². The van der Waals surface area contributed by atoms with Gasteiger partial charge in [-0.2, -0.15) is 9.90 Å². The van der Waals surface area contributed by atoms with Crippen LogP contribution >= 0.6 is 0 Å². The molecule has 0 aliphatic carbocycles. The van der Waals surface area contributed by atoms with Gasteiger partial charge in [-0.3, -0.25) is 9.69 Å². The van der Waals surface area contributed by atoms with E-state index < -0.39 is 0 Å². The smallest absolute Gasteiger partial charge is 0.273 e. The van der Waals surface area contributed by atoms with Crippen molar-refractivity contribution in [2.24, 2.45) is 0 Å². The van der Waals surface area contributed by atoms with Crippen LogP contribution in [-0.2, 0) is 0 Å². The number of hydrogen-bond acceptors (Lipinski definition) is 4. The summed E-state index contributed by atoms with van der Waals surface area (Å²) in [4.78, 5) is 16.3. The van der Waals surface area contributed by atoms with Crippen LogP contribution in [0.3, 0.4) is 0 Å². The molecule has 1 aromatic heterocycles. The first-order chi connectivity index (χ1) is 11.8. The van der Waals surface area contributed by atoms with E-state index in [1.165, 1.54) is 5.56 Å². The summed E-state index contributed by atoms with van der Waals surface area (Å²) in [6.45, 7) is 14.7. The number of amides is 1. The van der Waals surface area contributed by atoms with Gasteiger partial charge in [0, 0.05) is 19.1 Å². The minimum absolute atomic E-state index is 0.173. The van der Waals surface area contributed by atoms with E-state index in [4.69, 9.17) is 0 Å². The summed E-state index contributed by atoms with van der Waals surface area (Å²) < 4.78 is 0. The van der Waals surface area contributed by atoms with E-state index in [9.17, 15) is 4.79 Å². The van der Waals surface area contributed by atoms with Crippen molar-refractivity contribution in [3.8, 4) is 5.69 Å². The quantitative estimate of drug-likeness (QED) is 0.839. The Kier molecular flexibility index (Phi) is 6.31. The molecule has 0 atom stereocenters. The molecule has 0 saturated heterocycles. The summed E-state index contributed by atoms with van der Waals surface area (Å²) in [6, 6.07) is 6.55. The fraction of sp³-hybridized carbons (Fsp3) is 0.526. The molecule has 1 N–H and O–H groups in total. The van der Waals surface area contributed by atoms with Gasteiger partial charge in [-0.1, -0.05) is 24.6 Å². The molecular formula is C19H29N5O. The zero-order valence-corrected chi connectivity index (χ0v) is 16.1. The molecule has 0 unspecified atom stereocenters. The van der Waals surface area contributed by atoms with Gasteiger partial charge in [0.15, 0.2) is 5.69 Å². The number of aryl methyl sites for hydroxylation is 3. The molecule has 1 heterocycles. The predicted molar refractivity (Wildman–Crippen MR) is 100 cm³/mol. The van der Waals surface area contributed by atoms with E-state index in [-0.39, 0.29) is 5.91 Å². The van der Waals surface area contributed by atoms with Crippen LogP contribution in [-0.4, -0.2) is 51.5 Å². The van der Waals surface area contributed by atoms with Gasteiger partial charge in [-0.15, -0.1) is 5.10 Å². The van der Waals surface area contributed by atoms with E-state index in [0.29, 0.717) is 24.0 Å². The first-order valence-electron chi connectivity index (χ1n) is 8.87. The van der Waals surface area contributed by atoms with Crippen molar-refractivity contribution in [3.63, 3.8) is 0 Å². The third-order valence-corrected chi connectivity index (χ3v) is 4.39. The second kappa shape index (κ2) is 8.25. The Balaban J connectivity index is 2.07. The number of likely N-dealkylation sites (N-methyl/N-ethyl adjacent to an activating group) is 1. The summed E-state index contributed by atoms with van der Waals surface area (Å²) in [6.07, 6.45) is 0. The second-order valence-corrected chi connectivity index (χ2v) is 6.69. The van der Waals surface area contributed by atoms with E-state index in [2.05, 4.69) is 47.3 Å². The molecule has 0 aliphatic heterocycles. The highest BCUT2D eigenvalue weighted by molar-refractivity contribution is 5.93.